The van der Waals surface area contributed by atoms with E-state index in [1.807, 2.05) is 38.6 Å². The Morgan fingerprint density at radius 1 is 1.39 bits per heavy atom. The van der Waals surface area contributed by atoms with E-state index in [9.17, 15) is 4.21 Å². The van der Waals surface area contributed by atoms with Gasteiger partial charge in [-0.15, -0.1) is 11.8 Å². The predicted molar refractivity (Wildman–Crippen MR) is 83.9 cm³/mol. The van der Waals surface area contributed by atoms with Crippen molar-refractivity contribution in [1.82, 2.24) is 0 Å². The summed E-state index contributed by atoms with van der Waals surface area (Å²) in [7, 11) is -1.19. The Balaban J connectivity index is 2.41. The van der Waals surface area contributed by atoms with Crippen LogP contribution in [0.2, 0.25) is 0 Å². The molecule has 1 aromatic rings. The highest BCUT2D eigenvalue weighted by atomic mass is 79.9. The zero-order chi connectivity index (χ0) is 13.3. The molecule has 1 atom stereocenters. The maximum atomic E-state index is 12.1. The molecule has 0 bridgehead atoms. The molecule has 5 heteroatoms. The van der Waals surface area contributed by atoms with E-state index in [1.165, 1.54) is 4.90 Å². The largest absolute Gasteiger partial charge is 0.234 e. The van der Waals surface area contributed by atoms with Crippen molar-refractivity contribution in [2.24, 2.45) is 4.40 Å². The van der Waals surface area contributed by atoms with Crippen molar-refractivity contribution in [1.29, 1.82) is 0 Å². The van der Waals surface area contributed by atoms with E-state index in [0.29, 0.717) is 0 Å². The van der Waals surface area contributed by atoms with E-state index in [0.717, 1.165) is 27.9 Å². The first-order chi connectivity index (χ1) is 8.38. The van der Waals surface area contributed by atoms with Gasteiger partial charge in [-0.1, -0.05) is 15.9 Å². The Morgan fingerprint density at radius 2 is 2.11 bits per heavy atom. The fraction of sp³-hybridized carbons (Fsp3) is 0.462. The lowest BCUT2D eigenvalue weighted by Gasteiger charge is -2.20. The summed E-state index contributed by atoms with van der Waals surface area (Å²) in [6.45, 7) is 5.85. The van der Waals surface area contributed by atoms with Gasteiger partial charge in [-0.2, -0.15) is 4.40 Å². The molecule has 2 nitrogen and oxygen atoms in total. The number of thioether (sulfide) groups is 1. The summed E-state index contributed by atoms with van der Waals surface area (Å²) in [5.74, 6) is 1.01. The molecule has 0 aromatic heterocycles. The summed E-state index contributed by atoms with van der Waals surface area (Å²) in [4.78, 5) is 1.23. The summed E-state index contributed by atoms with van der Waals surface area (Å²) in [5.41, 5.74) is 2.09. The van der Waals surface area contributed by atoms with E-state index in [4.69, 9.17) is 0 Å². The molecule has 2 rings (SSSR count). The fourth-order valence-electron chi connectivity index (χ4n) is 1.58. The molecule has 0 unspecified atom stereocenters. The summed E-state index contributed by atoms with van der Waals surface area (Å²) in [6, 6.07) is 6.20. The van der Waals surface area contributed by atoms with Gasteiger partial charge in [0.2, 0.25) is 0 Å². The van der Waals surface area contributed by atoms with Crippen molar-refractivity contribution in [3.05, 3.63) is 28.2 Å². The normalized spacial score (nSPS) is 19.7. The molecule has 0 saturated heterocycles. The van der Waals surface area contributed by atoms with Crippen molar-refractivity contribution >= 4 is 44.4 Å². The van der Waals surface area contributed by atoms with Gasteiger partial charge in [-0.25, -0.2) is 4.21 Å². The van der Waals surface area contributed by atoms with Crippen molar-refractivity contribution in [3.8, 4) is 0 Å². The number of rotatable bonds is 1. The second-order valence-corrected chi connectivity index (χ2v) is 9.10. The molecule has 0 amide bonds. The van der Waals surface area contributed by atoms with Crippen LogP contribution in [-0.4, -0.2) is 20.4 Å². The molecule has 0 saturated carbocycles. The molecule has 0 radical (unpaired) electrons. The highest BCUT2D eigenvalue weighted by Gasteiger charge is 2.22. The van der Waals surface area contributed by atoms with Crippen LogP contribution in [0.5, 0.6) is 0 Å². The molecular formula is C13H16BrNOS2. The van der Waals surface area contributed by atoms with Gasteiger partial charge in [0.15, 0.2) is 0 Å². The zero-order valence-electron chi connectivity index (χ0n) is 10.7. The monoisotopic (exact) mass is 345 g/mol. The van der Waals surface area contributed by atoms with Crippen LogP contribution in [0.1, 0.15) is 32.8 Å². The Morgan fingerprint density at radius 3 is 2.78 bits per heavy atom. The number of hydrogen-bond acceptors (Lipinski definition) is 2. The summed E-state index contributed by atoms with van der Waals surface area (Å²) < 4.78 is 17.3. The van der Waals surface area contributed by atoms with Crippen molar-refractivity contribution in [3.63, 3.8) is 0 Å². The van der Waals surface area contributed by atoms with E-state index in [2.05, 4.69) is 32.5 Å². The number of hydrogen-bond donors (Lipinski definition) is 0. The zero-order valence-corrected chi connectivity index (χ0v) is 13.9. The fourth-order valence-corrected chi connectivity index (χ4v) is 3.61. The number of nitrogens with zero attached hydrogens (tertiary/aromatic N) is 1. The first kappa shape index (κ1) is 14.3. The Kier molecular flexibility index (Phi) is 4.34. The Hall–Kier alpha value is -0.130. The van der Waals surface area contributed by atoms with Gasteiger partial charge in [-0.05, 0) is 39.0 Å². The molecule has 1 aliphatic heterocycles. The second-order valence-electron chi connectivity index (χ2n) is 5.14. The molecule has 0 N–H and O–H groups in total. The molecule has 0 fully saturated rings. The van der Waals surface area contributed by atoms with Crippen LogP contribution >= 0.6 is 27.7 Å². The van der Waals surface area contributed by atoms with E-state index < -0.39 is 11.0 Å². The molecular weight excluding hydrogens is 330 g/mol. The maximum absolute atomic E-state index is 12.1. The lowest BCUT2D eigenvalue weighted by atomic mass is 10.1. The van der Waals surface area contributed by atoms with Gasteiger partial charge in [0.1, 0.15) is 11.0 Å². The SMILES string of the molecule is CC(C)(C)[S@@](=O)N=C1CCSc2ccc(Br)cc21. The number of benzene rings is 1. The minimum Gasteiger partial charge on any atom is -0.234 e. The lowest BCUT2D eigenvalue weighted by molar-refractivity contribution is 0.650. The smallest absolute Gasteiger partial charge is 0.145 e. The van der Waals surface area contributed by atoms with Gasteiger partial charge in [0.25, 0.3) is 0 Å². The summed E-state index contributed by atoms with van der Waals surface area (Å²) in [5, 5.41) is 0. The molecule has 1 aromatic carbocycles. The van der Waals surface area contributed by atoms with Gasteiger partial charge >= 0.3 is 0 Å². The third-order valence-corrected chi connectivity index (χ3v) is 5.57. The van der Waals surface area contributed by atoms with Crippen LogP contribution in [0.3, 0.4) is 0 Å². The average Bonchev–Trinajstić information content (AvgIpc) is 2.28. The van der Waals surface area contributed by atoms with E-state index in [-0.39, 0.29) is 4.75 Å². The number of fused-ring (bicyclic) bond motifs is 1. The molecule has 1 heterocycles. The predicted octanol–water partition coefficient (Wildman–Crippen LogP) is 4.20. The van der Waals surface area contributed by atoms with Crippen LogP contribution < -0.4 is 0 Å². The van der Waals surface area contributed by atoms with Crippen molar-refractivity contribution in [2.45, 2.75) is 36.8 Å². The lowest BCUT2D eigenvalue weighted by Crippen LogP contribution is -2.22. The molecule has 0 aliphatic carbocycles. The van der Waals surface area contributed by atoms with Crippen molar-refractivity contribution < 1.29 is 4.21 Å². The highest BCUT2D eigenvalue weighted by molar-refractivity contribution is 9.10. The maximum Gasteiger partial charge on any atom is 0.145 e. The molecule has 1 aliphatic rings. The van der Waals surface area contributed by atoms with Gasteiger partial charge in [0.05, 0.1) is 10.5 Å². The van der Waals surface area contributed by atoms with Gasteiger partial charge < -0.3 is 0 Å². The molecule has 0 spiro atoms. The Bertz CT molecular complexity index is 520. The van der Waals surface area contributed by atoms with Crippen LogP contribution in [0.15, 0.2) is 32.0 Å². The van der Waals surface area contributed by atoms with Crippen LogP contribution in [-0.2, 0) is 11.0 Å². The van der Waals surface area contributed by atoms with Crippen LogP contribution in [0.4, 0.5) is 0 Å². The molecule has 98 valence electrons. The first-order valence-electron chi connectivity index (χ1n) is 5.80. The van der Waals surface area contributed by atoms with Crippen LogP contribution in [0, 0.1) is 0 Å². The minimum atomic E-state index is -1.19. The minimum absolute atomic E-state index is 0.302. The quantitative estimate of drug-likeness (QED) is 0.763. The second kappa shape index (κ2) is 5.47. The van der Waals surface area contributed by atoms with Crippen molar-refractivity contribution in [2.75, 3.05) is 5.75 Å². The van der Waals surface area contributed by atoms with Gasteiger partial charge in [-0.3, -0.25) is 0 Å². The number of halogens is 1. The molecule has 18 heavy (non-hydrogen) atoms. The highest BCUT2D eigenvalue weighted by Crippen LogP contribution is 2.32. The Labute approximate surface area is 123 Å². The summed E-state index contributed by atoms with van der Waals surface area (Å²) in [6.07, 6.45) is 0.885. The van der Waals surface area contributed by atoms with E-state index >= 15 is 0 Å². The first-order valence-corrected chi connectivity index (χ1v) is 8.69. The third kappa shape index (κ3) is 3.25. The third-order valence-electron chi connectivity index (χ3n) is 2.57. The van der Waals surface area contributed by atoms with Gasteiger partial charge in [0, 0.05) is 27.1 Å². The van der Waals surface area contributed by atoms with E-state index in [1.54, 1.807) is 0 Å². The summed E-state index contributed by atoms with van der Waals surface area (Å²) >= 11 is 5.32. The van der Waals surface area contributed by atoms with Crippen LogP contribution in [0.25, 0.3) is 0 Å². The average molecular weight is 346 g/mol. The standard InChI is InChI=1S/C13H16BrNOS2/c1-13(2,3)18(16)15-11-6-7-17-12-5-4-9(14)8-10(11)12/h4-5,8H,6-7H2,1-3H3/t18-/m1/s1. The topological polar surface area (TPSA) is 29.4 Å².